The van der Waals surface area contributed by atoms with Crippen LogP contribution in [0, 0.1) is 12.3 Å². The normalized spacial score (nSPS) is 13.3. The van der Waals surface area contributed by atoms with Crippen molar-refractivity contribution in [2.45, 2.75) is 63.8 Å². The number of hydrogen-bond acceptors (Lipinski definition) is 7. The molecule has 1 aliphatic carbocycles. The molecular formula is C27H38N4OS2. The second-order valence-corrected chi connectivity index (χ2v) is 9.82. The number of benzene rings is 2. The summed E-state index contributed by atoms with van der Waals surface area (Å²) in [6.45, 7) is 6.62. The molecule has 0 spiro atoms. The predicted octanol–water partition coefficient (Wildman–Crippen LogP) is 7.28. The van der Waals surface area contributed by atoms with E-state index in [1.807, 2.05) is 51.1 Å². The lowest BCUT2D eigenvalue weighted by Gasteiger charge is -2.27. The smallest absolute Gasteiger partial charge is 0.194 e. The third kappa shape index (κ3) is 8.43. The summed E-state index contributed by atoms with van der Waals surface area (Å²) in [5.41, 5.74) is 8.12. The van der Waals surface area contributed by atoms with Gasteiger partial charge in [0.2, 0.25) is 0 Å². The van der Waals surface area contributed by atoms with Crippen LogP contribution < -0.4 is 15.2 Å². The molecule has 4 rings (SSSR count). The Hall–Kier alpha value is -2.40. The van der Waals surface area contributed by atoms with Gasteiger partial charge in [0, 0.05) is 22.2 Å². The molecule has 184 valence electrons. The molecule has 0 atom stereocenters. The van der Waals surface area contributed by atoms with E-state index >= 15 is 0 Å². The van der Waals surface area contributed by atoms with Gasteiger partial charge in [0.1, 0.15) is 5.75 Å². The van der Waals surface area contributed by atoms with E-state index in [4.69, 9.17) is 16.9 Å². The molecule has 2 aromatic carbocycles. The van der Waals surface area contributed by atoms with E-state index in [1.54, 1.807) is 17.4 Å². The van der Waals surface area contributed by atoms with Crippen molar-refractivity contribution in [2.24, 2.45) is 0 Å². The lowest BCUT2D eigenvalue weighted by molar-refractivity contribution is 0.229. The zero-order chi connectivity index (χ0) is 24.9. The summed E-state index contributed by atoms with van der Waals surface area (Å²) in [6, 6.07) is 12.3. The summed E-state index contributed by atoms with van der Waals surface area (Å²) in [7, 11) is 4.38. The highest BCUT2D eigenvalue weighted by molar-refractivity contribution is 8.00. The molecule has 1 saturated carbocycles. The first-order chi connectivity index (χ1) is 16.5. The van der Waals surface area contributed by atoms with Crippen LogP contribution in [0.4, 0.5) is 10.8 Å². The summed E-state index contributed by atoms with van der Waals surface area (Å²) in [5.74, 6) is 3.50. The van der Waals surface area contributed by atoms with E-state index in [0.29, 0.717) is 12.3 Å². The lowest BCUT2D eigenvalue weighted by Crippen LogP contribution is -2.29. The number of ether oxygens (including phenoxy) is 1. The summed E-state index contributed by atoms with van der Waals surface area (Å²) in [6.07, 6.45) is 12.7. The lowest BCUT2D eigenvalue weighted by atomic mass is 9.95. The molecule has 7 heteroatoms. The van der Waals surface area contributed by atoms with Gasteiger partial charge in [-0.25, -0.2) is 4.98 Å². The molecular weight excluding hydrogens is 460 g/mol. The van der Waals surface area contributed by atoms with E-state index in [9.17, 15) is 0 Å². The largest absolute Gasteiger partial charge is 0.494 e. The molecule has 3 N–H and O–H groups in total. The molecule has 1 aromatic heterocycles. The summed E-state index contributed by atoms with van der Waals surface area (Å²) in [5, 5.41) is 0.818. The van der Waals surface area contributed by atoms with Crippen molar-refractivity contribution in [1.82, 2.24) is 9.88 Å². The van der Waals surface area contributed by atoms with Gasteiger partial charge in [-0.2, -0.15) is 0 Å². The third-order valence-electron chi connectivity index (χ3n) is 5.38. The number of fused-ring (bicyclic) bond motifs is 1. The van der Waals surface area contributed by atoms with Crippen LogP contribution in [0.25, 0.3) is 10.2 Å². The van der Waals surface area contributed by atoms with Crippen molar-refractivity contribution < 1.29 is 4.74 Å². The van der Waals surface area contributed by atoms with E-state index < -0.39 is 0 Å². The molecule has 0 amide bonds. The van der Waals surface area contributed by atoms with Crippen molar-refractivity contribution in [3.63, 3.8) is 0 Å². The Bertz CT molecular complexity index is 1050. The first kappa shape index (κ1) is 27.8. The van der Waals surface area contributed by atoms with Crippen LogP contribution in [0.3, 0.4) is 0 Å². The number of nitrogens with two attached hydrogens (primary N) is 1. The van der Waals surface area contributed by atoms with Crippen molar-refractivity contribution in [3.05, 3.63) is 42.0 Å². The highest BCUT2D eigenvalue weighted by Gasteiger charge is 2.14. The van der Waals surface area contributed by atoms with Gasteiger partial charge in [-0.15, -0.1) is 6.42 Å². The van der Waals surface area contributed by atoms with Crippen molar-refractivity contribution >= 4 is 44.3 Å². The zero-order valence-electron chi connectivity index (χ0n) is 21.1. The van der Waals surface area contributed by atoms with Gasteiger partial charge in [-0.1, -0.05) is 50.4 Å². The van der Waals surface area contributed by atoms with E-state index in [0.717, 1.165) is 37.6 Å². The van der Waals surface area contributed by atoms with Gasteiger partial charge in [0.15, 0.2) is 5.13 Å². The average Bonchev–Trinajstić information content (AvgIpc) is 3.28. The van der Waals surface area contributed by atoms with E-state index in [2.05, 4.69) is 34.6 Å². The standard InChI is InChI=1S/C17H15N3OS2.C8H17N.C2H6/c1-3-11-9-12(18)5-8-15(11)23-20-17-19-14-7-6-13(21-4-2)10-16(14)22-17;1-9(2)8-6-4-3-5-7-8;1-2/h1,5-10H,4,18H2,2H3,(H,19,20);8H,3-7H2,1-2H3;1-2H3. The molecule has 0 aliphatic heterocycles. The van der Waals surface area contributed by atoms with Crippen LogP contribution >= 0.6 is 23.3 Å². The molecule has 3 aromatic rings. The van der Waals surface area contributed by atoms with Crippen molar-refractivity contribution in [1.29, 1.82) is 0 Å². The van der Waals surface area contributed by atoms with Crippen molar-refractivity contribution in [3.8, 4) is 18.1 Å². The molecule has 0 bridgehead atoms. The number of hydrogen-bond donors (Lipinski definition) is 2. The average molecular weight is 499 g/mol. The summed E-state index contributed by atoms with van der Waals surface area (Å²) < 4.78 is 9.83. The number of nitrogens with zero attached hydrogens (tertiary/aromatic N) is 2. The van der Waals surface area contributed by atoms with Gasteiger partial charge in [-0.3, -0.25) is 0 Å². The zero-order valence-corrected chi connectivity index (χ0v) is 22.7. The molecule has 1 fully saturated rings. The van der Waals surface area contributed by atoms with Crippen LogP contribution in [0.2, 0.25) is 0 Å². The Kier molecular flexibility index (Phi) is 12.1. The fraction of sp³-hybridized carbons (Fsp3) is 0.444. The molecule has 0 saturated heterocycles. The monoisotopic (exact) mass is 498 g/mol. The summed E-state index contributed by atoms with van der Waals surface area (Å²) >= 11 is 3.01. The highest BCUT2D eigenvalue weighted by Crippen LogP contribution is 2.33. The second kappa shape index (κ2) is 14.8. The molecule has 5 nitrogen and oxygen atoms in total. The van der Waals surface area contributed by atoms with Gasteiger partial charge in [-0.05, 0) is 82.2 Å². The van der Waals surface area contributed by atoms with Crippen LogP contribution in [-0.2, 0) is 0 Å². The fourth-order valence-corrected chi connectivity index (χ4v) is 5.29. The molecule has 1 aliphatic rings. The molecule has 0 unspecified atom stereocenters. The summed E-state index contributed by atoms with van der Waals surface area (Å²) in [4.78, 5) is 7.86. The third-order valence-corrected chi connectivity index (χ3v) is 7.32. The Morgan fingerprint density at radius 3 is 2.53 bits per heavy atom. The number of thiazole rings is 1. The maximum atomic E-state index is 5.75. The van der Waals surface area contributed by atoms with Crippen LogP contribution in [0.1, 0.15) is 58.4 Å². The van der Waals surface area contributed by atoms with Crippen LogP contribution in [0.5, 0.6) is 5.75 Å². The topological polar surface area (TPSA) is 63.4 Å². The number of anilines is 2. The number of rotatable bonds is 6. The van der Waals surface area contributed by atoms with Crippen LogP contribution in [0.15, 0.2) is 41.3 Å². The number of nitrogen functional groups attached to an aromatic ring is 1. The number of aromatic nitrogens is 1. The van der Waals surface area contributed by atoms with E-state index in [-0.39, 0.29) is 0 Å². The fourth-order valence-electron chi connectivity index (χ4n) is 3.65. The van der Waals surface area contributed by atoms with Crippen molar-refractivity contribution in [2.75, 3.05) is 31.2 Å². The maximum absolute atomic E-state index is 5.75. The molecule has 0 radical (unpaired) electrons. The first-order valence-corrected chi connectivity index (χ1v) is 13.6. The molecule has 1 heterocycles. The maximum Gasteiger partial charge on any atom is 0.194 e. The quantitative estimate of drug-likeness (QED) is 0.211. The minimum absolute atomic E-state index is 0.650. The Morgan fingerprint density at radius 1 is 1.18 bits per heavy atom. The Labute approximate surface area is 213 Å². The first-order valence-electron chi connectivity index (χ1n) is 12.0. The predicted molar refractivity (Wildman–Crippen MR) is 151 cm³/mol. The van der Waals surface area contributed by atoms with Gasteiger partial charge in [0.05, 0.1) is 16.8 Å². The minimum atomic E-state index is 0.650. The Morgan fingerprint density at radius 2 is 1.91 bits per heavy atom. The number of terminal acetylenes is 1. The van der Waals surface area contributed by atoms with Gasteiger partial charge >= 0.3 is 0 Å². The Balaban J connectivity index is 0.000000311. The highest BCUT2D eigenvalue weighted by atomic mass is 32.2. The van der Waals surface area contributed by atoms with E-state index in [1.165, 1.54) is 44.1 Å². The second-order valence-electron chi connectivity index (χ2n) is 7.94. The van der Waals surface area contributed by atoms with Crippen LogP contribution in [-0.4, -0.2) is 36.6 Å². The van der Waals surface area contributed by atoms with Gasteiger partial charge < -0.3 is 20.1 Å². The molecule has 34 heavy (non-hydrogen) atoms. The van der Waals surface area contributed by atoms with Gasteiger partial charge in [0.25, 0.3) is 0 Å². The minimum Gasteiger partial charge on any atom is -0.494 e. The number of nitrogens with one attached hydrogen (secondary N) is 1. The SMILES string of the molecule is C#Cc1cc(N)ccc1SNc1nc2ccc(OCC)cc2s1.CC.CN(C)C1CCCCC1.